The van der Waals surface area contributed by atoms with Gasteiger partial charge in [-0.15, -0.1) is 0 Å². The van der Waals surface area contributed by atoms with Crippen LogP contribution in [0.1, 0.15) is 24.2 Å². The summed E-state index contributed by atoms with van der Waals surface area (Å²) in [6, 6.07) is 9.31. The first kappa shape index (κ1) is 19.4. The van der Waals surface area contributed by atoms with Gasteiger partial charge in [0.1, 0.15) is 5.75 Å². The fraction of sp³-hybridized carbons (Fsp3) is 0.235. The SMILES string of the molecule is COc1ccc([N+](=O)[O-])cc1NC(=O)c1ccc(S(=O)(=O)C(C)C)cc1. The van der Waals surface area contributed by atoms with Gasteiger partial charge in [0.15, 0.2) is 9.84 Å². The summed E-state index contributed by atoms with van der Waals surface area (Å²) in [5.41, 5.74) is 0.159. The Balaban J connectivity index is 2.28. The molecular formula is C17H18N2O6S. The average Bonchev–Trinajstić information content (AvgIpc) is 2.61. The van der Waals surface area contributed by atoms with Crippen molar-refractivity contribution in [3.05, 3.63) is 58.1 Å². The number of nitro benzene ring substituents is 1. The van der Waals surface area contributed by atoms with Crippen molar-refractivity contribution in [1.29, 1.82) is 0 Å². The highest BCUT2D eigenvalue weighted by molar-refractivity contribution is 7.92. The molecule has 0 atom stereocenters. The van der Waals surface area contributed by atoms with Crippen molar-refractivity contribution in [2.75, 3.05) is 12.4 Å². The monoisotopic (exact) mass is 378 g/mol. The number of ether oxygens (including phenoxy) is 1. The van der Waals surface area contributed by atoms with E-state index in [1.54, 1.807) is 13.8 Å². The van der Waals surface area contributed by atoms with Gasteiger partial charge in [-0.25, -0.2) is 8.42 Å². The molecule has 9 heteroatoms. The second-order valence-electron chi connectivity index (χ2n) is 5.71. The van der Waals surface area contributed by atoms with E-state index >= 15 is 0 Å². The van der Waals surface area contributed by atoms with E-state index in [9.17, 15) is 23.3 Å². The predicted molar refractivity (Wildman–Crippen MR) is 96.4 cm³/mol. The Hall–Kier alpha value is -2.94. The summed E-state index contributed by atoms with van der Waals surface area (Å²) in [5.74, 6) is -0.278. The van der Waals surface area contributed by atoms with E-state index in [-0.39, 0.29) is 27.6 Å². The van der Waals surface area contributed by atoms with Crippen LogP contribution in [0.3, 0.4) is 0 Å². The molecule has 26 heavy (non-hydrogen) atoms. The van der Waals surface area contributed by atoms with E-state index in [0.29, 0.717) is 0 Å². The van der Waals surface area contributed by atoms with Crippen molar-refractivity contribution >= 4 is 27.1 Å². The molecule has 8 nitrogen and oxygen atoms in total. The van der Waals surface area contributed by atoms with Gasteiger partial charge in [-0.1, -0.05) is 0 Å². The molecule has 0 aliphatic carbocycles. The standard InChI is InChI=1S/C17H18N2O6S/c1-11(2)26(23,24)14-7-4-12(5-8-14)17(20)18-15-10-13(19(21)22)6-9-16(15)25-3/h4-11H,1-3H3,(H,18,20). The molecule has 0 radical (unpaired) electrons. The zero-order valence-corrected chi connectivity index (χ0v) is 15.2. The van der Waals surface area contributed by atoms with Gasteiger partial charge in [-0.2, -0.15) is 0 Å². The highest BCUT2D eigenvalue weighted by Crippen LogP contribution is 2.29. The number of nitro groups is 1. The van der Waals surface area contributed by atoms with E-state index in [1.807, 2.05) is 0 Å². The van der Waals surface area contributed by atoms with Crippen LogP contribution in [-0.2, 0) is 9.84 Å². The van der Waals surface area contributed by atoms with Crippen molar-refractivity contribution in [1.82, 2.24) is 0 Å². The second kappa shape index (κ2) is 7.52. The summed E-state index contributed by atoms with van der Waals surface area (Å²) in [6.07, 6.45) is 0. The molecule has 138 valence electrons. The van der Waals surface area contributed by atoms with Crippen LogP contribution < -0.4 is 10.1 Å². The van der Waals surface area contributed by atoms with Gasteiger partial charge >= 0.3 is 0 Å². The molecule has 0 saturated carbocycles. The highest BCUT2D eigenvalue weighted by atomic mass is 32.2. The Labute approximate surface area is 150 Å². The number of amides is 1. The number of carbonyl (C=O) groups excluding carboxylic acids is 1. The summed E-state index contributed by atoms with van der Waals surface area (Å²) in [5, 5.41) is 12.9. The van der Waals surface area contributed by atoms with Crippen molar-refractivity contribution in [2.45, 2.75) is 24.0 Å². The van der Waals surface area contributed by atoms with Gasteiger partial charge in [0.05, 0.1) is 27.9 Å². The van der Waals surface area contributed by atoms with Crippen LogP contribution in [0.4, 0.5) is 11.4 Å². The Morgan fingerprint density at radius 1 is 1.15 bits per heavy atom. The van der Waals surface area contributed by atoms with Crippen molar-refractivity contribution in [3.8, 4) is 5.75 Å². The molecule has 0 bridgehead atoms. The molecule has 0 spiro atoms. The summed E-state index contributed by atoms with van der Waals surface area (Å²) in [7, 11) is -2.05. The molecule has 0 aromatic heterocycles. The maximum atomic E-state index is 12.4. The minimum atomic E-state index is -3.43. The summed E-state index contributed by atoms with van der Waals surface area (Å²) in [6.45, 7) is 3.15. The molecule has 0 heterocycles. The topological polar surface area (TPSA) is 116 Å². The summed E-state index contributed by atoms with van der Waals surface area (Å²) >= 11 is 0. The van der Waals surface area contributed by atoms with Crippen molar-refractivity contribution in [2.24, 2.45) is 0 Å². The van der Waals surface area contributed by atoms with Crippen molar-refractivity contribution < 1.29 is 22.9 Å². The number of non-ortho nitro benzene ring substituents is 1. The maximum Gasteiger partial charge on any atom is 0.271 e. The van der Waals surface area contributed by atoms with E-state index in [1.165, 1.54) is 49.6 Å². The third-order valence-electron chi connectivity index (χ3n) is 3.71. The lowest BCUT2D eigenvalue weighted by molar-refractivity contribution is -0.384. The fourth-order valence-corrected chi connectivity index (χ4v) is 3.23. The predicted octanol–water partition coefficient (Wildman–Crippen LogP) is 3.04. The maximum absolute atomic E-state index is 12.4. The third kappa shape index (κ3) is 3.99. The Kier molecular flexibility index (Phi) is 5.61. The van der Waals surface area contributed by atoms with Gasteiger partial charge in [-0.3, -0.25) is 14.9 Å². The number of carbonyl (C=O) groups is 1. The number of nitrogens with one attached hydrogen (secondary N) is 1. The van der Waals surface area contributed by atoms with Crippen LogP contribution in [-0.4, -0.2) is 31.6 Å². The van der Waals surface area contributed by atoms with Crippen LogP contribution in [0.5, 0.6) is 5.75 Å². The second-order valence-corrected chi connectivity index (χ2v) is 8.22. The number of methoxy groups -OCH3 is 1. The normalized spacial score (nSPS) is 11.2. The molecule has 0 fully saturated rings. The van der Waals surface area contributed by atoms with Crippen LogP contribution in [0.25, 0.3) is 0 Å². The molecule has 0 aliphatic rings. The van der Waals surface area contributed by atoms with Crippen molar-refractivity contribution in [3.63, 3.8) is 0 Å². The number of nitrogens with zero attached hydrogens (tertiary/aromatic N) is 1. The number of benzene rings is 2. The largest absolute Gasteiger partial charge is 0.495 e. The molecular weight excluding hydrogens is 360 g/mol. The molecule has 0 aliphatic heterocycles. The lowest BCUT2D eigenvalue weighted by Crippen LogP contribution is -2.15. The lowest BCUT2D eigenvalue weighted by Gasteiger charge is -2.11. The molecule has 0 saturated heterocycles. The number of rotatable bonds is 6. The minimum Gasteiger partial charge on any atom is -0.495 e. The first-order valence-corrected chi connectivity index (χ1v) is 9.19. The molecule has 1 N–H and O–H groups in total. The zero-order chi connectivity index (χ0) is 19.5. The van der Waals surface area contributed by atoms with E-state index in [0.717, 1.165) is 0 Å². The Bertz CT molecular complexity index is 936. The van der Waals surface area contributed by atoms with Gasteiger partial charge in [0.2, 0.25) is 0 Å². The van der Waals surface area contributed by atoms with Gasteiger partial charge in [0.25, 0.3) is 11.6 Å². The molecule has 2 aromatic rings. The number of hydrogen-bond donors (Lipinski definition) is 1. The quantitative estimate of drug-likeness (QED) is 0.610. The van der Waals surface area contributed by atoms with E-state index in [2.05, 4.69) is 5.32 Å². The lowest BCUT2D eigenvalue weighted by atomic mass is 10.2. The molecule has 1 amide bonds. The number of anilines is 1. The highest BCUT2D eigenvalue weighted by Gasteiger charge is 2.20. The Morgan fingerprint density at radius 3 is 2.27 bits per heavy atom. The van der Waals surface area contributed by atoms with Gasteiger partial charge in [-0.05, 0) is 44.2 Å². The van der Waals surface area contributed by atoms with Crippen LogP contribution in [0.15, 0.2) is 47.4 Å². The first-order valence-electron chi connectivity index (χ1n) is 7.64. The van der Waals surface area contributed by atoms with Crippen LogP contribution >= 0.6 is 0 Å². The summed E-state index contributed by atoms with van der Waals surface area (Å²) in [4.78, 5) is 22.8. The van der Waals surface area contributed by atoms with E-state index < -0.39 is 25.9 Å². The molecule has 2 rings (SSSR count). The first-order chi connectivity index (χ1) is 12.2. The number of sulfone groups is 1. The smallest absolute Gasteiger partial charge is 0.271 e. The Morgan fingerprint density at radius 2 is 1.77 bits per heavy atom. The van der Waals surface area contributed by atoms with Gasteiger partial charge in [0, 0.05) is 17.7 Å². The van der Waals surface area contributed by atoms with E-state index in [4.69, 9.17) is 4.74 Å². The zero-order valence-electron chi connectivity index (χ0n) is 14.4. The molecule has 0 unspecified atom stereocenters. The fourth-order valence-electron chi connectivity index (χ4n) is 2.17. The van der Waals surface area contributed by atoms with Crippen LogP contribution in [0, 0.1) is 10.1 Å². The van der Waals surface area contributed by atoms with Crippen LogP contribution in [0.2, 0.25) is 0 Å². The summed E-state index contributed by atoms with van der Waals surface area (Å²) < 4.78 is 29.3. The average molecular weight is 378 g/mol. The molecule has 2 aromatic carbocycles. The van der Waals surface area contributed by atoms with Gasteiger partial charge < -0.3 is 10.1 Å². The number of hydrogen-bond acceptors (Lipinski definition) is 6. The minimum absolute atomic E-state index is 0.122. The third-order valence-corrected chi connectivity index (χ3v) is 5.88.